The number of hydrogen-bond acceptors (Lipinski definition) is 1. The van der Waals surface area contributed by atoms with E-state index in [9.17, 15) is 4.79 Å². The van der Waals surface area contributed by atoms with Crippen molar-refractivity contribution in [2.45, 2.75) is 13.1 Å². The van der Waals surface area contributed by atoms with Gasteiger partial charge in [-0.3, -0.25) is 0 Å². The topological polar surface area (TPSA) is 32.3 Å². The number of benzene rings is 3. The minimum Gasteiger partial charge on any atom is -0.334 e. The molecule has 122 valence electrons. The molecule has 0 radical (unpaired) electrons. The summed E-state index contributed by atoms with van der Waals surface area (Å²) in [5.74, 6) is 0. The number of fused-ring (bicyclic) bond motifs is 1. The molecular formula is C20H19ClN2O. The Morgan fingerprint density at radius 2 is 1.75 bits per heavy atom. The predicted octanol–water partition coefficient (Wildman–Crippen LogP) is 4.83. The molecule has 4 heteroatoms. The van der Waals surface area contributed by atoms with Gasteiger partial charge >= 0.3 is 6.03 Å². The highest BCUT2D eigenvalue weighted by Gasteiger charge is 2.09. The maximum absolute atomic E-state index is 12.3. The van der Waals surface area contributed by atoms with Gasteiger partial charge in [0, 0.05) is 25.2 Å². The minimum atomic E-state index is -0.108. The van der Waals surface area contributed by atoms with Gasteiger partial charge in [-0.05, 0) is 40.1 Å². The Morgan fingerprint density at radius 3 is 2.54 bits per heavy atom. The minimum absolute atomic E-state index is 0.108. The zero-order valence-corrected chi connectivity index (χ0v) is 14.3. The summed E-state index contributed by atoms with van der Waals surface area (Å²) in [5, 5.41) is 5.97. The number of carbonyl (C=O) groups is 1. The molecule has 3 nitrogen and oxygen atoms in total. The van der Waals surface area contributed by atoms with Gasteiger partial charge in [0.25, 0.3) is 0 Å². The second-order valence-corrected chi connectivity index (χ2v) is 6.26. The lowest BCUT2D eigenvalue weighted by molar-refractivity contribution is 0.206. The number of rotatable bonds is 4. The molecule has 0 aliphatic carbocycles. The first-order valence-electron chi connectivity index (χ1n) is 7.83. The fraction of sp³-hybridized carbons (Fsp3) is 0.150. The van der Waals surface area contributed by atoms with Crippen molar-refractivity contribution in [3.05, 3.63) is 82.9 Å². The highest BCUT2D eigenvalue weighted by molar-refractivity contribution is 6.30. The van der Waals surface area contributed by atoms with E-state index in [1.807, 2.05) is 36.4 Å². The van der Waals surface area contributed by atoms with Gasteiger partial charge in [0.1, 0.15) is 0 Å². The molecule has 0 spiro atoms. The summed E-state index contributed by atoms with van der Waals surface area (Å²) in [5.41, 5.74) is 2.09. The van der Waals surface area contributed by atoms with Gasteiger partial charge in [-0.1, -0.05) is 60.1 Å². The molecule has 0 unspecified atom stereocenters. The molecule has 0 fully saturated rings. The molecule has 0 heterocycles. The molecule has 3 aromatic rings. The first kappa shape index (κ1) is 16.3. The van der Waals surface area contributed by atoms with Gasteiger partial charge in [-0.25, -0.2) is 4.79 Å². The summed E-state index contributed by atoms with van der Waals surface area (Å²) in [6.45, 7) is 1.02. The van der Waals surface area contributed by atoms with E-state index in [4.69, 9.17) is 11.6 Å². The summed E-state index contributed by atoms with van der Waals surface area (Å²) in [7, 11) is 1.79. The Labute approximate surface area is 146 Å². The highest BCUT2D eigenvalue weighted by Crippen LogP contribution is 2.16. The van der Waals surface area contributed by atoms with Gasteiger partial charge in [-0.2, -0.15) is 0 Å². The van der Waals surface area contributed by atoms with Crippen LogP contribution in [0.3, 0.4) is 0 Å². The van der Waals surface area contributed by atoms with Gasteiger partial charge in [-0.15, -0.1) is 0 Å². The Kier molecular flexibility index (Phi) is 5.02. The van der Waals surface area contributed by atoms with E-state index in [-0.39, 0.29) is 6.03 Å². The van der Waals surface area contributed by atoms with Crippen LogP contribution in [0, 0.1) is 0 Å². The predicted molar refractivity (Wildman–Crippen MR) is 99.1 cm³/mol. The molecule has 3 rings (SSSR count). The third-order valence-corrected chi connectivity index (χ3v) is 4.15. The lowest BCUT2D eigenvalue weighted by Crippen LogP contribution is -2.36. The molecule has 24 heavy (non-hydrogen) atoms. The normalized spacial score (nSPS) is 10.6. The first-order valence-corrected chi connectivity index (χ1v) is 8.21. The van der Waals surface area contributed by atoms with Crippen LogP contribution in [0.25, 0.3) is 10.8 Å². The summed E-state index contributed by atoms with van der Waals surface area (Å²) in [6.07, 6.45) is 0. The van der Waals surface area contributed by atoms with Crippen molar-refractivity contribution in [1.82, 2.24) is 10.2 Å². The molecule has 0 atom stereocenters. The summed E-state index contributed by atoms with van der Waals surface area (Å²) in [4.78, 5) is 13.9. The van der Waals surface area contributed by atoms with Gasteiger partial charge < -0.3 is 10.2 Å². The molecule has 0 aromatic heterocycles. The Hall–Kier alpha value is -2.52. The lowest BCUT2D eigenvalue weighted by Gasteiger charge is -2.18. The van der Waals surface area contributed by atoms with E-state index >= 15 is 0 Å². The summed E-state index contributed by atoms with van der Waals surface area (Å²) < 4.78 is 0. The van der Waals surface area contributed by atoms with Crippen LogP contribution in [0.2, 0.25) is 5.02 Å². The molecule has 0 saturated carbocycles. The van der Waals surface area contributed by atoms with Crippen molar-refractivity contribution in [2.75, 3.05) is 7.05 Å². The van der Waals surface area contributed by atoms with Crippen molar-refractivity contribution in [1.29, 1.82) is 0 Å². The molecule has 0 aliphatic rings. The number of amides is 2. The molecule has 2 amide bonds. The van der Waals surface area contributed by atoms with Gasteiger partial charge in [0.15, 0.2) is 0 Å². The van der Waals surface area contributed by atoms with Crippen LogP contribution < -0.4 is 5.32 Å². The maximum Gasteiger partial charge on any atom is 0.317 e. The standard InChI is InChI=1S/C20H19ClN2O/c1-23(20(24)22-13-15-5-4-8-19(21)12-15)14-16-9-10-17-6-2-3-7-18(17)11-16/h2-12H,13-14H2,1H3,(H,22,24). The zero-order valence-electron chi connectivity index (χ0n) is 13.5. The first-order chi connectivity index (χ1) is 11.6. The number of halogens is 1. The average Bonchev–Trinajstić information content (AvgIpc) is 2.59. The van der Waals surface area contributed by atoms with Crippen LogP contribution in [0.5, 0.6) is 0 Å². The second-order valence-electron chi connectivity index (χ2n) is 5.83. The number of nitrogens with one attached hydrogen (secondary N) is 1. The van der Waals surface area contributed by atoms with Crippen LogP contribution in [-0.4, -0.2) is 18.0 Å². The summed E-state index contributed by atoms with van der Waals surface area (Å²) in [6, 6.07) is 21.9. The fourth-order valence-electron chi connectivity index (χ4n) is 2.64. The van der Waals surface area contributed by atoms with Crippen LogP contribution in [0.15, 0.2) is 66.7 Å². The van der Waals surface area contributed by atoms with Gasteiger partial charge in [0.2, 0.25) is 0 Å². The van der Waals surface area contributed by atoms with Gasteiger partial charge in [0.05, 0.1) is 0 Å². The highest BCUT2D eigenvalue weighted by atomic mass is 35.5. The van der Waals surface area contributed by atoms with E-state index in [2.05, 4.69) is 35.6 Å². The van der Waals surface area contributed by atoms with E-state index in [0.29, 0.717) is 18.1 Å². The largest absolute Gasteiger partial charge is 0.334 e. The van der Waals surface area contributed by atoms with E-state index in [1.165, 1.54) is 10.8 Å². The van der Waals surface area contributed by atoms with Crippen LogP contribution in [-0.2, 0) is 13.1 Å². The number of hydrogen-bond donors (Lipinski definition) is 1. The zero-order chi connectivity index (χ0) is 16.9. The van der Waals surface area contributed by atoms with E-state index < -0.39 is 0 Å². The number of nitrogens with zero attached hydrogens (tertiary/aromatic N) is 1. The monoisotopic (exact) mass is 338 g/mol. The Balaban J connectivity index is 1.60. The number of urea groups is 1. The van der Waals surface area contributed by atoms with Crippen molar-refractivity contribution < 1.29 is 4.79 Å². The third-order valence-electron chi connectivity index (χ3n) is 3.91. The molecule has 3 aromatic carbocycles. The second kappa shape index (κ2) is 7.37. The Bertz CT molecular complexity index is 863. The van der Waals surface area contributed by atoms with Crippen LogP contribution >= 0.6 is 11.6 Å². The van der Waals surface area contributed by atoms with Crippen LogP contribution in [0.1, 0.15) is 11.1 Å². The smallest absolute Gasteiger partial charge is 0.317 e. The van der Waals surface area contributed by atoms with Crippen molar-refractivity contribution >= 4 is 28.4 Å². The summed E-state index contributed by atoms with van der Waals surface area (Å²) >= 11 is 5.95. The molecule has 0 aliphatic heterocycles. The van der Waals surface area contributed by atoms with Crippen molar-refractivity contribution in [2.24, 2.45) is 0 Å². The molecule has 0 bridgehead atoms. The molecule has 1 N–H and O–H groups in total. The fourth-order valence-corrected chi connectivity index (χ4v) is 2.86. The average molecular weight is 339 g/mol. The molecule has 0 saturated heterocycles. The van der Waals surface area contributed by atoms with E-state index in [1.54, 1.807) is 11.9 Å². The maximum atomic E-state index is 12.3. The SMILES string of the molecule is CN(Cc1ccc2ccccc2c1)C(=O)NCc1cccc(Cl)c1. The van der Waals surface area contributed by atoms with Crippen molar-refractivity contribution in [3.8, 4) is 0 Å². The van der Waals surface area contributed by atoms with Crippen molar-refractivity contribution in [3.63, 3.8) is 0 Å². The number of carbonyl (C=O) groups excluding carboxylic acids is 1. The lowest BCUT2D eigenvalue weighted by atomic mass is 10.1. The third kappa shape index (κ3) is 4.06. The van der Waals surface area contributed by atoms with E-state index in [0.717, 1.165) is 11.1 Å². The molecular weight excluding hydrogens is 320 g/mol. The Morgan fingerprint density at radius 1 is 0.958 bits per heavy atom. The van der Waals surface area contributed by atoms with Crippen LogP contribution in [0.4, 0.5) is 4.79 Å². The quantitative estimate of drug-likeness (QED) is 0.725.